The van der Waals surface area contributed by atoms with Crippen LogP contribution >= 0.6 is 0 Å². The summed E-state index contributed by atoms with van der Waals surface area (Å²) in [5.41, 5.74) is 2.30. The zero-order chi connectivity index (χ0) is 14.2. The van der Waals surface area contributed by atoms with Crippen molar-refractivity contribution in [2.75, 3.05) is 7.11 Å². The monoisotopic (exact) mass is 261 g/mol. The van der Waals surface area contributed by atoms with E-state index in [1.165, 1.54) is 11.1 Å². The minimum atomic E-state index is -0.157. The predicted octanol–water partition coefficient (Wildman–Crippen LogP) is 3.01. The molecular weight excluding hydrogens is 238 g/mol. The number of fused-ring (bicyclic) bond motifs is 1. The Morgan fingerprint density at radius 2 is 1.95 bits per heavy atom. The number of methoxy groups -OCH3 is 1. The highest BCUT2D eigenvalue weighted by Gasteiger charge is 2.33. The summed E-state index contributed by atoms with van der Waals surface area (Å²) >= 11 is 0. The first-order valence-corrected chi connectivity index (χ1v) is 6.80. The number of nitrogens with zero attached hydrogens (tertiary/aromatic N) is 1. The van der Waals surface area contributed by atoms with Gasteiger partial charge in [-0.2, -0.15) is 0 Å². The lowest BCUT2D eigenvalue weighted by Gasteiger charge is -2.36. The van der Waals surface area contributed by atoms with Gasteiger partial charge in [-0.15, -0.1) is 0 Å². The van der Waals surface area contributed by atoms with Crippen LogP contribution in [-0.2, 0) is 17.8 Å². The Labute approximate surface area is 115 Å². The smallest absolute Gasteiger partial charge is 0.226 e. The number of rotatable bonds is 1. The Kier molecular flexibility index (Phi) is 3.57. The van der Waals surface area contributed by atoms with Crippen molar-refractivity contribution in [1.82, 2.24) is 4.90 Å². The third-order valence-corrected chi connectivity index (χ3v) is 3.77. The number of hydrogen-bond donors (Lipinski definition) is 0. The lowest BCUT2D eigenvalue weighted by molar-refractivity contribution is -0.140. The van der Waals surface area contributed by atoms with Crippen molar-refractivity contribution in [1.29, 1.82) is 0 Å². The Morgan fingerprint density at radius 1 is 1.26 bits per heavy atom. The maximum Gasteiger partial charge on any atom is 0.226 e. The lowest BCUT2D eigenvalue weighted by Crippen LogP contribution is -2.46. The number of hydrogen-bond acceptors (Lipinski definition) is 2. The fourth-order valence-electron chi connectivity index (χ4n) is 2.57. The van der Waals surface area contributed by atoms with E-state index in [4.69, 9.17) is 4.74 Å². The standard InChI is InChI=1S/C16H23NO2/c1-11-8-12-6-7-14(19-5)9-13(12)10-17(15(11)18)16(2,3)4/h6-7,9,11H,8,10H2,1-5H3. The van der Waals surface area contributed by atoms with Crippen molar-refractivity contribution in [3.05, 3.63) is 29.3 Å². The van der Waals surface area contributed by atoms with Crippen molar-refractivity contribution < 1.29 is 9.53 Å². The number of benzene rings is 1. The van der Waals surface area contributed by atoms with E-state index < -0.39 is 0 Å². The molecule has 0 fully saturated rings. The summed E-state index contributed by atoms with van der Waals surface area (Å²) in [4.78, 5) is 14.5. The Hall–Kier alpha value is -1.51. The molecule has 1 atom stereocenters. The molecule has 1 aromatic rings. The molecule has 0 saturated carbocycles. The molecule has 0 aliphatic carbocycles. The third-order valence-electron chi connectivity index (χ3n) is 3.77. The van der Waals surface area contributed by atoms with E-state index in [1.54, 1.807) is 7.11 Å². The minimum absolute atomic E-state index is 0.0360. The van der Waals surface area contributed by atoms with Crippen molar-refractivity contribution in [2.45, 2.75) is 46.2 Å². The van der Waals surface area contributed by atoms with E-state index in [-0.39, 0.29) is 17.4 Å². The van der Waals surface area contributed by atoms with Crippen molar-refractivity contribution >= 4 is 5.91 Å². The third kappa shape index (κ3) is 2.75. The van der Waals surface area contributed by atoms with Gasteiger partial charge < -0.3 is 9.64 Å². The van der Waals surface area contributed by atoms with Crippen LogP contribution in [0.3, 0.4) is 0 Å². The van der Waals surface area contributed by atoms with Gasteiger partial charge in [0.25, 0.3) is 0 Å². The van der Waals surface area contributed by atoms with Gasteiger partial charge in [0.05, 0.1) is 7.11 Å². The van der Waals surface area contributed by atoms with Crippen LogP contribution in [0.1, 0.15) is 38.8 Å². The minimum Gasteiger partial charge on any atom is -0.497 e. The molecule has 3 heteroatoms. The molecule has 0 bridgehead atoms. The number of amides is 1. The fraction of sp³-hybridized carbons (Fsp3) is 0.562. The van der Waals surface area contributed by atoms with Crippen LogP contribution in [0.25, 0.3) is 0 Å². The summed E-state index contributed by atoms with van der Waals surface area (Å²) in [6.45, 7) is 8.94. The molecule has 1 heterocycles. The zero-order valence-electron chi connectivity index (χ0n) is 12.5. The fourth-order valence-corrected chi connectivity index (χ4v) is 2.57. The topological polar surface area (TPSA) is 29.5 Å². The first-order chi connectivity index (χ1) is 8.82. The molecule has 1 aliphatic rings. The zero-order valence-corrected chi connectivity index (χ0v) is 12.5. The van der Waals surface area contributed by atoms with Crippen LogP contribution in [0.15, 0.2) is 18.2 Å². The molecule has 3 nitrogen and oxygen atoms in total. The summed E-state index contributed by atoms with van der Waals surface area (Å²) in [6.07, 6.45) is 0.810. The summed E-state index contributed by atoms with van der Waals surface area (Å²) in [5.74, 6) is 1.13. The SMILES string of the molecule is COc1ccc2c(c1)CN(C(C)(C)C)C(=O)C(C)C2. The molecule has 0 N–H and O–H groups in total. The number of carbonyl (C=O) groups excluding carboxylic acids is 1. The molecule has 1 aromatic carbocycles. The van der Waals surface area contributed by atoms with Crippen LogP contribution in [0.4, 0.5) is 0 Å². The Balaban J connectivity index is 2.44. The average molecular weight is 261 g/mol. The van der Waals surface area contributed by atoms with Crippen molar-refractivity contribution in [2.24, 2.45) is 5.92 Å². The molecule has 19 heavy (non-hydrogen) atoms. The summed E-state index contributed by atoms with van der Waals surface area (Å²) < 4.78 is 5.29. The van der Waals surface area contributed by atoms with E-state index in [1.807, 2.05) is 17.9 Å². The van der Waals surface area contributed by atoms with Gasteiger partial charge >= 0.3 is 0 Å². The number of carbonyl (C=O) groups is 1. The van der Waals surface area contributed by atoms with Crippen molar-refractivity contribution in [3.8, 4) is 5.75 Å². The van der Waals surface area contributed by atoms with Gasteiger partial charge in [0, 0.05) is 18.0 Å². The first kappa shape index (κ1) is 13.9. The van der Waals surface area contributed by atoms with Gasteiger partial charge in [0.1, 0.15) is 5.75 Å². The molecule has 2 rings (SSSR count). The molecule has 104 valence electrons. The molecule has 0 spiro atoms. The van der Waals surface area contributed by atoms with Gasteiger partial charge in [-0.3, -0.25) is 4.79 Å². The molecule has 1 aliphatic heterocycles. The molecule has 0 saturated heterocycles. The second kappa shape index (κ2) is 4.87. The molecular formula is C16H23NO2. The molecule has 1 amide bonds. The van der Waals surface area contributed by atoms with E-state index >= 15 is 0 Å². The second-order valence-corrected chi connectivity index (χ2v) is 6.34. The second-order valence-electron chi connectivity index (χ2n) is 6.34. The van der Waals surface area contributed by atoms with Crippen molar-refractivity contribution in [3.63, 3.8) is 0 Å². The van der Waals surface area contributed by atoms with E-state index in [9.17, 15) is 4.79 Å². The van der Waals surface area contributed by atoms with E-state index in [2.05, 4.69) is 32.9 Å². The van der Waals surface area contributed by atoms with Crippen LogP contribution in [0.5, 0.6) is 5.75 Å². The Bertz CT molecular complexity index is 488. The first-order valence-electron chi connectivity index (χ1n) is 6.80. The Morgan fingerprint density at radius 3 is 2.53 bits per heavy atom. The highest BCUT2D eigenvalue weighted by Crippen LogP contribution is 2.30. The van der Waals surface area contributed by atoms with Gasteiger partial charge in [0.15, 0.2) is 0 Å². The van der Waals surface area contributed by atoms with Gasteiger partial charge in [-0.05, 0) is 50.5 Å². The van der Waals surface area contributed by atoms with Gasteiger partial charge in [0.2, 0.25) is 5.91 Å². The largest absolute Gasteiger partial charge is 0.497 e. The summed E-state index contributed by atoms with van der Waals surface area (Å²) in [6, 6.07) is 6.12. The molecule has 1 unspecified atom stereocenters. The van der Waals surface area contributed by atoms with Crippen LogP contribution < -0.4 is 4.74 Å². The van der Waals surface area contributed by atoms with Crippen LogP contribution in [0, 0.1) is 5.92 Å². The van der Waals surface area contributed by atoms with Gasteiger partial charge in [-0.25, -0.2) is 0 Å². The van der Waals surface area contributed by atoms with Crippen LogP contribution in [0.2, 0.25) is 0 Å². The van der Waals surface area contributed by atoms with E-state index in [0.717, 1.165) is 12.2 Å². The highest BCUT2D eigenvalue weighted by atomic mass is 16.5. The predicted molar refractivity (Wildman–Crippen MR) is 76.2 cm³/mol. The molecule has 0 radical (unpaired) electrons. The van der Waals surface area contributed by atoms with Gasteiger partial charge in [-0.1, -0.05) is 13.0 Å². The maximum atomic E-state index is 12.5. The van der Waals surface area contributed by atoms with E-state index in [0.29, 0.717) is 6.54 Å². The number of ether oxygens (including phenoxy) is 1. The van der Waals surface area contributed by atoms with Crippen LogP contribution in [-0.4, -0.2) is 23.5 Å². The highest BCUT2D eigenvalue weighted by molar-refractivity contribution is 5.80. The lowest BCUT2D eigenvalue weighted by atomic mass is 9.98. The quantitative estimate of drug-likeness (QED) is 0.777. The average Bonchev–Trinajstić information content (AvgIpc) is 2.46. The maximum absolute atomic E-state index is 12.5. The molecule has 0 aromatic heterocycles. The normalized spacial score (nSPS) is 19.9. The summed E-state index contributed by atoms with van der Waals surface area (Å²) in [5, 5.41) is 0. The summed E-state index contributed by atoms with van der Waals surface area (Å²) in [7, 11) is 1.67.